The quantitative estimate of drug-likeness (QED) is 0.528. The van der Waals surface area contributed by atoms with Crippen molar-refractivity contribution in [1.82, 2.24) is 10.6 Å². The molecule has 0 aliphatic carbocycles. The molecule has 0 aromatic heterocycles. The largest absolute Gasteiger partial charge is 0.355 e. The van der Waals surface area contributed by atoms with Gasteiger partial charge in [0.1, 0.15) is 0 Å². The molecule has 0 saturated carbocycles. The lowest BCUT2D eigenvalue weighted by molar-refractivity contribution is -0.126. The Balaban J connectivity index is 3.39. The van der Waals surface area contributed by atoms with Crippen LogP contribution in [0.3, 0.4) is 0 Å². The van der Waals surface area contributed by atoms with E-state index in [1.54, 1.807) is 0 Å². The Kier molecular flexibility index (Phi) is 8.62. The molecule has 0 radical (unpaired) electrons. The average Bonchev–Trinajstić information content (AvgIpc) is 2.16. The van der Waals surface area contributed by atoms with Crippen LogP contribution < -0.4 is 10.6 Å². The molecule has 0 fully saturated rings. The molecule has 0 bridgehead atoms. The minimum absolute atomic E-state index is 0.0581. The van der Waals surface area contributed by atoms with Gasteiger partial charge in [0.2, 0.25) is 11.8 Å². The van der Waals surface area contributed by atoms with Crippen LogP contribution in [-0.2, 0) is 9.59 Å². The molecule has 5 heteroatoms. The molecule has 14 heavy (non-hydrogen) atoms. The Morgan fingerprint density at radius 2 is 1.86 bits per heavy atom. The third-order valence-corrected chi connectivity index (χ3v) is 2.17. The number of rotatable bonds is 7. The fourth-order valence-corrected chi connectivity index (χ4v) is 1.30. The maximum absolute atomic E-state index is 11.1. The first kappa shape index (κ1) is 13.4. The normalized spacial score (nSPS) is 9.57. The molecular formula is C9H17BrN2O2. The second-order valence-corrected chi connectivity index (χ2v) is 3.67. The third kappa shape index (κ3) is 8.04. The van der Waals surface area contributed by atoms with Gasteiger partial charge in [-0.2, -0.15) is 0 Å². The number of alkyl halides is 1. The standard InChI is InChI=1S/C9H17BrN2O2/c1-2-11-9(14)7-12-8(13)5-3-4-6-10/h2-7H2,1H3,(H,11,14)(H,12,13). The van der Waals surface area contributed by atoms with Gasteiger partial charge in [-0.15, -0.1) is 0 Å². The maximum Gasteiger partial charge on any atom is 0.239 e. The highest BCUT2D eigenvalue weighted by Crippen LogP contribution is 1.97. The van der Waals surface area contributed by atoms with Gasteiger partial charge in [-0.3, -0.25) is 9.59 Å². The Labute approximate surface area is 92.9 Å². The van der Waals surface area contributed by atoms with Gasteiger partial charge in [0.15, 0.2) is 0 Å². The number of hydrogen-bond acceptors (Lipinski definition) is 2. The lowest BCUT2D eigenvalue weighted by atomic mass is 10.2. The number of nitrogens with one attached hydrogen (secondary N) is 2. The number of unbranched alkanes of at least 4 members (excludes halogenated alkanes) is 1. The number of likely N-dealkylation sites (N-methyl/N-ethyl adjacent to an activating group) is 1. The van der Waals surface area contributed by atoms with E-state index in [2.05, 4.69) is 26.6 Å². The second-order valence-electron chi connectivity index (χ2n) is 2.88. The van der Waals surface area contributed by atoms with Crippen LogP contribution in [0.5, 0.6) is 0 Å². The molecule has 0 aromatic rings. The summed E-state index contributed by atoms with van der Waals surface area (Å²) in [6.07, 6.45) is 2.33. The predicted octanol–water partition coefficient (Wildman–Crippen LogP) is 0.804. The van der Waals surface area contributed by atoms with Crippen molar-refractivity contribution in [2.45, 2.75) is 26.2 Å². The highest BCUT2D eigenvalue weighted by molar-refractivity contribution is 9.09. The smallest absolute Gasteiger partial charge is 0.239 e. The van der Waals surface area contributed by atoms with Crippen LogP contribution in [0, 0.1) is 0 Å². The molecule has 2 amide bonds. The fourth-order valence-electron chi connectivity index (χ4n) is 0.907. The van der Waals surface area contributed by atoms with Gasteiger partial charge in [-0.05, 0) is 19.8 Å². The van der Waals surface area contributed by atoms with Crippen LogP contribution in [0.25, 0.3) is 0 Å². The van der Waals surface area contributed by atoms with E-state index in [1.807, 2.05) is 6.92 Å². The van der Waals surface area contributed by atoms with E-state index in [0.717, 1.165) is 18.2 Å². The summed E-state index contributed by atoms with van der Waals surface area (Å²) < 4.78 is 0. The Bertz CT molecular complexity index is 186. The van der Waals surface area contributed by atoms with E-state index in [9.17, 15) is 9.59 Å². The van der Waals surface area contributed by atoms with Gasteiger partial charge in [0.05, 0.1) is 6.54 Å². The lowest BCUT2D eigenvalue weighted by Gasteiger charge is -2.04. The van der Waals surface area contributed by atoms with Crippen molar-refractivity contribution in [1.29, 1.82) is 0 Å². The lowest BCUT2D eigenvalue weighted by Crippen LogP contribution is -2.36. The SMILES string of the molecule is CCNC(=O)CNC(=O)CCCCBr. The topological polar surface area (TPSA) is 58.2 Å². The van der Waals surface area contributed by atoms with Gasteiger partial charge in [0.25, 0.3) is 0 Å². The first-order chi connectivity index (χ1) is 6.70. The Morgan fingerprint density at radius 1 is 1.14 bits per heavy atom. The summed E-state index contributed by atoms with van der Waals surface area (Å²) in [6.45, 7) is 2.52. The van der Waals surface area contributed by atoms with Gasteiger partial charge in [-0.25, -0.2) is 0 Å². The molecule has 0 unspecified atom stereocenters. The van der Waals surface area contributed by atoms with Crippen LogP contribution in [-0.4, -0.2) is 30.2 Å². The molecule has 0 heterocycles. The summed E-state index contributed by atoms with van der Waals surface area (Å²) >= 11 is 3.29. The van der Waals surface area contributed by atoms with Crippen LogP contribution >= 0.6 is 15.9 Å². The molecule has 0 atom stereocenters. The number of carbonyl (C=O) groups is 2. The molecule has 0 aliphatic rings. The molecule has 0 aromatic carbocycles. The van der Waals surface area contributed by atoms with Gasteiger partial charge in [0, 0.05) is 18.3 Å². The zero-order valence-electron chi connectivity index (χ0n) is 8.44. The number of hydrogen-bond donors (Lipinski definition) is 2. The molecule has 4 nitrogen and oxygen atoms in total. The highest BCUT2D eigenvalue weighted by atomic mass is 79.9. The monoisotopic (exact) mass is 264 g/mol. The minimum atomic E-state index is -0.138. The fraction of sp³-hybridized carbons (Fsp3) is 0.778. The van der Waals surface area contributed by atoms with Crippen molar-refractivity contribution in [3.63, 3.8) is 0 Å². The summed E-state index contributed by atoms with van der Waals surface area (Å²) in [4.78, 5) is 22.1. The van der Waals surface area contributed by atoms with E-state index in [-0.39, 0.29) is 18.4 Å². The van der Waals surface area contributed by atoms with Crippen molar-refractivity contribution in [2.75, 3.05) is 18.4 Å². The molecule has 0 spiro atoms. The Hall–Kier alpha value is -0.580. The number of halogens is 1. The van der Waals surface area contributed by atoms with Crippen LogP contribution in [0.1, 0.15) is 26.2 Å². The molecule has 0 aliphatic heterocycles. The van der Waals surface area contributed by atoms with E-state index in [4.69, 9.17) is 0 Å². The molecule has 0 saturated heterocycles. The molecule has 82 valence electrons. The average molecular weight is 265 g/mol. The number of carbonyl (C=O) groups excluding carboxylic acids is 2. The summed E-state index contributed by atoms with van der Waals surface area (Å²) in [5, 5.41) is 6.08. The van der Waals surface area contributed by atoms with Crippen molar-refractivity contribution in [3.8, 4) is 0 Å². The van der Waals surface area contributed by atoms with E-state index < -0.39 is 0 Å². The zero-order valence-corrected chi connectivity index (χ0v) is 10.0. The summed E-state index contributed by atoms with van der Waals surface area (Å²) in [6, 6.07) is 0. The van der Waals surface area contributed by atoms with Crippen molar-refractivity contribution >= 4 is 27.7 Å². The third-order valence-electron chi connectivity index (χ3n) is 1.61. The minimum Gasteiger partial charge on any atom is -0.355 e. The second kappa shape index (κ2) is 8.99. The van der Waals surface area contributed by atoms with E-state index >= 15 is 0 Å². The van der Waals surface area contributed by atoms with E-state index in [1.165, 1.54) is 0 Å². The van der Waals surface area contributed by atoms with Crippen molar-refractivity contribution < 1.29 is 9.59 Å². The van der Waals surface area contributed by atoms with Crippen molar-refractivity contribution in [3.05, 3.63) is 0 Å². The van der Waals surface area contributed by atoms with Crippen LogP contribution in [0.4, 0.5) is 0 Å². The summed E-state index contributed by atoms with van der Waals surface area (Å²) in [5.74, 6) is -0.196. The predicted molar refractivity (Wildman–Crippen MR) is 59.3 cm³/mol. The first-order valence-corrected chi connectivity index (χ1v) is 5.92. The van der Waals surface area contributed by atoms with Gasteiger partial charge >= 0.3 is 0 Å². The maximum atomic E-state index is 11.1. The summed E-state index contributed by atoms with van der Waals surface area (Å²) in [5.41, 5.74) is 0. The van der Waals surface area contributed by atoms with E-state index in [0.29, 0.717) is 13.0 Å². The zero-order chi connectivity index (χ0) is 10.8. The Morgan fingerprint density at radius 3 is 2.43 bits per heavy atom. The number of amides is 2. The van der Waals surface area contributed by atoms with Gasteiger partial charge in [-0.1, -0.05) is 15.9 Å². The van der Waals surface area contributed by atoms with Crippen LogP contribution in [0.2, 0.25) is 0 Å². The highest BCUT2D eigenvalue weighted by Gasteiger charge is 2.03. The molecular weight excluding hydrogens is 248 g/mol. The van der Waals surface area contributed by atoms with Gasteiger partial charge < -0.3 is 10.6 Å². The molecule has 2 N–H and O–H groups in total. The molecule has 0 rings (SSSR count). The first-order valence-electron chi connectivity index (χ1n) is 4.80. The van der Waals surface area contributed by atoms with Crippen LogP contribution in [0.15, 0.2) is 0 Å². The summed E-state index contributed by atoms with van der Waals surface area (Å²) in [7, 11) is 0. The van der Waals surface area contributed by atoms with Crippen molar-refractivity contribution in [2.24, 2.45) is 0 Å².